The van der Waals surface area contributed by atoms with Gasteiger partial charge in [0.15, 0.2) is 6.04 Å². The summed E-state index contributed by atoms with van der Waals surface area (Å²) in [7, 11) is 0. The number of esters is 1. The number of hydrogen-bond acceptors (Lipinski definition) is 6. The molecule has 3 unspecified atom stereocenters. The van der Waals surface area contributed by atoms with Crippen molar-refractivity contribution in [1.82, 2.24) is 4.90 Å². The lowest BCUT2D eigenvalue weighted by atomic mass is 10.1. The van der Waals surface area contributed by atoms with E-state index >= 15 is 0 Å². The Morgan fingerprint density at radius 3 is 2.50 bits per heavy atom. The van der Waals surface area contributed by atoms with Crippen LogP contribution in [-0.4, -0.2) is 57.7 Å². The van der Waals surface area contributed by atoms with E-state index in [4.69, 9.17) is 10.5 Å². The summed E-state index contributed by atoms with van der Waals surface area (Å²) < 4.78 is 4.71. The molecule has 1 heterocycles. The molecule has 1 aliphatic rings. The summed E-state index contributed by atoms with van der Waals surface area (Å²) in [6, 6.07) is -2.43. The lowest BCUT2D eigenvalue weighted by Crippen LogP contribution is -2.55. The standard InChI is InChI=1S/C12H20N2O5S/c1-4-19-12(18)8(13)9(15)14-7(11(16)17)5-20-10(14)6(2)3/h6-8,10H,4-5,13H2,1-3H3,(H,16,17). The van der Waals surface area contributed by atoms with Crippen molar-refractivity contribution in [3.63, 3.8) is 0 Å². The van der Waals surface area contributed by atoms with Crippen molar-refractivity contribution in [3.05, 3.63) is 0 Å². The van der Waals surface area contributed by atoms with Gasteiger partial charge in [-0.25, -0.2) is 9.59 Å². The number of carbonyl (C=O) groups excluding carboxylic acids is 2. The zero-order valence-corrected chi connectivity index (χ0v) is 12.6. The van der Waals surface area contributed by atoms with Gasteiger partial charge >= 0.3 is 11.9 Å². The van der Waals surface area contributed by atoms with Crippen molar-refractivity contribution >= 4 is 29.6 Å². The van der Waals surface area contributed by atoms with Crippen LogP contribution < -0.4 is 5.73 Å². The van der Waals surface area contributed by atoms with Gasteiger partial charge in [0.2, 0.25) is 0 Å². The Balaban J connectivity index is 2.94. The molecule has 1 saturated heterocycles. The van der Waals surface area contributed by atoms with Crippen LogP contribution in [0.3, 0.4) is 0 Å². The quantitative estimate of drug-likeness (QED) is 0.538. The predicted octanol–water partition coefficient (Wildman–Crippen LogP) is -0.112. The molecule has 0 saturated carbocycles. The lowest BCUT2D eigenvalue weighted by Gasteiger charge is -2.31. The molecule has 8 heteroatoms. The van der Waals surface area contributed by atoms with E-state index < -0.39 is 29.9 Å². The van der Waals surface area contributed by atoms with Gasteiger partial charge in [0, 0.05) is 5.75 Å². The summed E-state index contributed by atoms with van der Waals surface area (Å²) in [6.07, 6.45) is 0. The zero-order chi connectivity index (χ0) is 15.4. The molecule has 0 aliphatic carbocycles. The number of thioether (sulfide) groups is 1. The first-order chi connectivity index (χ1) is 9.31. The Morgan fingerprint density at radius 2 is 2.05 bits per heavy atom. The number of carbonyl (C=O) groups is 3. The number of carboxylic acid groups (broad SMARTS) is 1. The van der Waals surface area contributed by atoms with Crippen LogP contribution in [0.2, 0.25) is 0 Å². The van der Waals surface area contributed by atoms with E-state index in [-0.39, 0.29) is 17.9 Å². The van der Waals surface area contributed by atoms with E-state index in [0.29, 0.717) is 5.75 Å². The largest absolute Gasteiger partial charge is 0.480 e. The minimum absolute atomic E-state index is 0.0581. The number of aliphatic carboxylic acids is 1. The number of amides is 1. The molecule has 0 radical (unpaired) electrons. The number of nitrogens with two attached hydrogens (primary N) is 1. The fourth-order valence-corrected chi connectivity index (χ4v) is 3.48. The highest BCUT2D eigenvalue weighted by Crippen LogP contribution is 2.34. The molecule has 0 aromatic rings. The van der Waals surface area contributed by atoms with Gasteiger partial charge in [0.1, 0.15) is 6.04 Å². The molecule has 1 rings (SSSR count). The molecule has 0 spiro atoms. The van der Waals surface area contributed by atoms with Crippen LogP contribution in [0.5, 0.6) is 0 Å². The average molecular weight is 304 g/mol. The van der Waals surface area contributed by atoms with Gasteiger partial charge in [-0.15, -0.1) is 11.8 Å². The van der Waals surface area contributed by atoms with Crippen molar-refractivity contribution in [3.8, 4) is 0 Å². The van der Waals surface area contributed by atoms with Gasteiger partial charge < -0.3 is 20.5 Å². The van der Waals surface area contributed by atoms with Gasteiger partial charge in [-0.05, 0) is 12.8 Å². The number of nitrogens with zero attached hydrogens (tertiary/aromatic N) is 1. The highest BCUT2D eigenvalue weighted by molar-refractivity contribution is 8.00. The number of rotatable bonds is 5. The number of ether oxygens (including phenoxy) is 1. The summed E-state index contributed by atoms with van der Waals surface area (Å²) in [4.78, 5) is 36.3. The maximum absolute atomic E-state index is 12.3. The van der Waals surface area contributed by atoms with Crippen LogP contribution >= 0.6 is 11.8 Å². The molecule has 114 valence electrons. The molecule has 0 aromatic heterocycles. The fraction of sp³-hybridized carbons (Fsp3) is 0.750. The van der Waals surface area contributed by atoms with Crippen LogP contribution in [0, 0.1) is 5.92 Å². The van der Waals surface area contributed by atoms with E-state index in [1.807, 2.05) is 13.8 Å². The second-order valence-electron chi connectivity index (χ2n) is 4.80. The van der Waals surface area contributed by atoms with Gasteiger partial charge in [-0.1, -0.05) is 13.8 Å². The molecule has 0 aromatic carbocycles. The minimum atomic E-state index is -1.48. The Bertz CT molecular complexity index is 401. The maximum Gasteiger partial charge on any atom is 0.332 e. The van der Waals surface area contributed by atoms with E-state index in [2.05, 4.69) is 0 Å². The van der Waals surface area contributed by atoms with Crippen molar-refractivity contribution in [1.29, 1.82) is 0 Å². The normalized spacial score (nSPS) is 23.8. The minimum Gasteiger partial charge on any atom is -0.480 e. The molecule has 1 aliphatic heterocycles. The van der Waals surface area contributed by atoms with E-state index in [1.54, 1.807) is 6.92 Å². The Hall–Kier alpha value is -1.28. The van der Waals surface area contributed by atoms with Crippen LogP contribution in [0.4, 0.5) is 0 Å². The zero-order valence-electron chi connectivity index (χ0n) is 11.7. The van der Waals surface area contributed by atoms with Crippen molar-refractivity contribution in [2.75, 3.05) is 12.4 Å². The molecule has 3 N–H and O–H groups in total. The topological polar surface area (TPSA) is 110 Å². The van der Waals surface area contributed by atoms with Crippen LogP contribution in [0.1, 0.15) is 20.8 Å². The lowest BCUT2D eigenvalue weighted by molar-refractivity contribution is -0.156. The van der Waals surface area contributed by atoms with Gasteiger partial charge in [0.05, 0.1) is 12.0 Å². The molecule has 0 bridgehead atoms. The Labute approximate surface area is 121 Å². The van der Waals surface area contributed by atoms with Crippen molar-refractivity contribution in [2.45, 2.75) is 38.2 Å². The summed E-state index contributed by atoms with van der Waals surface area (Å²) >= 11 is 1.38. The summed E-state index contributed by atoms with van der Waals surface area (Å²) in [5.41, 5.74) is 5.58. The molecule has 1 fully saturated rings. The first kappa shape index (κ1) is 16.8. The molecular weight excluding hydrogens is 284 g/mol. The summed E-state index contributed by atoms with van der Waals surface area (Å²) in [6.45, 7) is 5.50. The van der Waals surface area contributed by atoms with Crippen LogP contribution in [0.15, 0.2) is 0 Å². The van der Waals surface area contributed by atoms with E-state index in [0.717, 1.165) is 0 Å². The van der Waals surface area contributed by atoms with E-state index in [9.17, 15) is 19.5 Å². The van der Waals surface area contributed by atoms with Gasteiger partial charge in [-0.2, -0.15) is 0 Å². The second-order valence-corrected chi connectivity index (χ2v) is 5.95. The smallest absolute Gasteiger partial charge is 0.332 e. The van der Waals surface area contributed by atoms with Crippen molar-refractivity contribution in [2.24, 2.45) is 11.7 Å². The molecule has 20 heavy (non-hydrogen) atoms. The first-order valence-corrected chi connectivity index (χ1v) is 7.44. The third-order valence-corrected chi connectivity index (χ3v) is 4.57. The maximum atomic E-state index is 12.3. The third kappa shape index (κ3) is 3.43. The third-order valence-electron chi connectivity index (χ3n) is 2.95. The summed E-state index contributed by atoms with van der Waals surface area (Å²) in [5.74, 6) is -2.27. The van der Waals surface area contributed by atoms with Crippen LogP contribution in [0.25, 0.3) is 0 Å². The Morgan fingerprint density at radius 1 is 1.45 bits per heavy atom. The van der Waals surface area contributed by atoms with Gasteiger partial charge in [0.25, 0.3) is 5.91 Å². The number of carboxylic acids is 1. The van der Waals surface area contributed by atoms with Gasteiger partial charge in [-0.3, -0.25) is 4.79 Å². The Kier molecular flexibility index (Phi) is 5.82. The van der Waals surface area contributed by atoms with Crippen LogP contribution in [-0.2, 0) is 19.1 Å². The SMILES string of the molecule is CCOC(=O)C(N)C(=O)N1C(C(=O)O)CSC1C(C)C. The monoisotopic (exact) mass is 304 g/mol. The average Bonchev–Trinajstić information content (AvgIpc) is 2.82. The predicted molar refractivity (Wildman–Crippen MR) is 74.0 cm³/mol. The fourth-order valence-electron chi connectivity index (χ4n) is 2.00. The second kappa shape index (κ2) is 6.94. The highest BCUT2D eigenvalue weighted by atomic mass is 32.2. The first-order valence-electron chi connectivity index (χ1n) is 6.40. The molecule has 3 atom stereocenters. The number of hydrogen-bond donors (Lipinski definition) is 2. The molecule has 1 amide bonds. The summed E-state index contributed by atoms with van der Waals surface area (Å²) in [5, 5.41) is 8.89. The highest BCUT2D eigenvalue weighted by Gasteiger charge is 2.45. The molecular formula is C12H20N2O5S. The van der Waals surface area contributed by atoms with Crippen molar-refractivity contribution < 1.29 is 24.2 Å². The molecule has 7 nitrogen and oxygen atoms in total. The van der Waals surface area contributed by atoms with E-state index in [1.165, 1.54) is 16.7 Å².